The molecule has 1 aliphatic heterocycles. The molecule has 0 spiro atoms. The number of aliphatic hydroxyl groups is 1. The molecule has 2 heterocycles. The number of benzene rings is 1. The average molecular weight is 367 g/mol. The third-order valence-electron chi connectivity index (χ3n) is 4.48. The zero-order valence-corrected chi connectivity index (χ0v) is 15.1. The van der Waals surface area contributed by atoms with Crippen molar-refractivity contribution in [2.24, 2.45) is 0 Å². The fraction of sp³-hybridized carbons (Fsp3) is 0.500. The Morgan fingerprint density at radius 3 is 2.68 bits per heavy atom. The number of furan rings is 1. The van der Waals surface area contributed by atoms with Gasteiger partial charge in [-0.1, -0.05) is 11.6 Å². The van der Waals surface area contributed by atoms with Crippen molar-refractivity contribution in [3.8, 4) is 0 Å². The molecule has 1 aliphatic rings. The van der Waals surface area contributed by atoms with Gasteiger partial charge in [0.05, 0.1) is 13.2 Å². The fourth-order valence-electron chi connectivity index (χ4n) is 3.18. The normalized spacial score (nSPS) is 16.4. The van der Waals surface area contributed by atoms with E-state index in [4.69, 9.17) is 25.9 Å². The van der Waals surface area contributed by atoms with Crippen molar-refractivity contribution in [2.45, 2.75) is 13.5 Å². The molecule has 7 heteroatoms. The lowest BCUT2D eigenvalue weighted by Crippen LogP contribution is -2.46. The number of carbonyl (C=O) groups is 1. The van der Waals surface area contributed by atoms with Crippen molar-refractivity contribution in [3.05, 3.63) is 34.5 Å². The zero-order valence-electron chi connectivity index (χ0n) is 14.3. The molecular weight excluding hydrogens is 344 g/mol. The van der Waals surface area contributed by atoms with E-state index in [1.54, 1.807) is 19.1 Å². The Bertz CT molecular complexity index is 738. The molecule has 0 radical (unpaired) electrons. The van der Waals surface area contributed by atoms with Crippen molar-refractivity contribution >= 4 is 28.5 Å². The number of ether oxygens (including phenoxy) is 1. The summed E-state index contributed by atoms with van der Waals surface area (Å²) < 4.78 is 10.9. The van der Waals surface area contributed by atoms with Crippen molar-refractivity contribution < 1.29 is 19.1 Å². The lowest BCUT2D eigenvalue weighted by atomic mass is 10.1. The molecule has 0 aliphatic carbocycles. The Hall–Kier alpha value is -1.60. The largest absolute Gasteiger partial charge is 0.460 e. The molecule has 1 aromatic heterocycles. The second-order valence-electron chi connectivity index (χ2n) is 6.11. The second-order valence-corrected chi connectivity index (χ2v) is 6.55. The van der Waals surface area contributed by atoms with E-state index in [-0.39, 0.29) is 12.4 Å². The maximum absolute atomic E-state index is 12.3. The van der Waals surface area contributed by atoms with Crippen LogP contribution in [0.5, 0.6) is 0 Å². The molecule has 6 nitrogen and oxygen atoms in total. The van der Waals surface area contributed by atoms with E-state index < -0.39 is 5.97 Å². The minimum Gasteiger partial charge on any atom is -0.460 e. The van der Waals surface area contributed by atoms with Crippen LogP contribution in [0.1, 0.15) is 23.0 Å². The van der Waals surface area contributed by atoms with Crippen molar-refractivity contribution in [1.82, 2.24) is 9.80 Å². The second kappa shape index (κ2) is 8.19. The predicted molar refractivity (Wildman–Crippen MR) is 96.0 cm³/mol. The lowest BCUT2D eigenvalue weighted by Gasteiger charge is -2.34. The number of nitrogens with zero attached hydrogens (tertiary/aromatic N) is 2. The predicted octanol–water partition coefficient (Wildman–Crippen LogP) is 2.37. The average Bonchev–Trinajstić information content (AvgIpc) is 2.95. The summed E-state index contributed by atoms with van der Waals surface area (Å²) in [6.45, 7) is 7.09. The molecule has 0 bridgehead atoms. The van der Waals surface area contributed by atoms with E-state index in [0.29, 0.717) is 30.3 Å². The Kier molecular flexibility index (Phi) is 5.96. The first kappa shape index (κ1) is 18.2. The van der Waals surface area contributed by atoms with Crippen molar-refractivity contribution in [2.75, 3.05) is 45.9 Å². The summed E-state index contributed by atoms with van der Waals surface area (Å²) in [6.07, 6.45) is 0. The van der Waals surface area contributed by atoms with Gasteiger partial charge >= 0.3 is 5.97 Å². The number of piperazine rings is 1. The van der Waals surface area contributed by atoms with Gasteiger partial charge in [0.2, 0.25) is 5.76 Å². The number of β-amino-alcohol motifs (C(OH)–C–C–N with tert-alkyl or cyclic N) is 1. The molecule has 0 saturated carbocycles. The van der Waals surface area contributed by atoms with Gasteiger partial charge in [0.1, 0.15) is 5.58 Å². The number of hydrogen-bond acceptors (Lipinski definition) is 6. The van der Waals surface area contributed by atoms with Gasteiger partial charge in [0.25, 0.3) is 0 Å². The fourth-order valence-corrected chi connectivity index (χ4v) is 3.35. The Balaban J connectivity index is 1.85. The Morgan fingerprint density at radius 1 is 1.28 bits per heavy atom. The molecule has 1 aromatic carbocycles. The first-order valence-electron chi connectivity index (χ1n) is 8.56. The number of carbonyl (C=O) groups excluding carboxylic acids is 1. The van der Waals surface area contributed by atoms with Crippen LogP contribution < -0.4 is 0 Å². The number of halogens is 1. The van der Waals surface area contributed by atoms with E-state index in [0.717, 1.165) is 37.1 Å². The maximum atomic E-state index is 12.3. The third kappa shape index (κ3) is 4.15. The summed E-state index contributed by atoms with van der Waals surface area (Å²) in [7, 11) is 0. The van der Waals surface area contributed by atoms with E-state index in [2.05, 4.69) is 9.80 Å². The summed E-state index contributed by atoms with van der Waals surface area (Å²) >= 11 is 6.14. The van der Waals surface area contributed by atoms with E-state index in [1.165, 1.54) is 0 Å². The van der Waals surface area contributed by atoms with Crippen LogP contribution in [0.25, 0.3) is 11.0 Å². The van der Waals surface area contributed by atoms with Gasteiger partial charge < -0.3 is 14.3 Å². The van der Waals surface area contributed by atoms with Gasteiger partial charge in [-0.2, -0.15) is 0 Å². The molecule has 0 unspecified atom stereocenters. The molecule has 2 aromatic rings. The van der Waals surface area contributed by atoms with Crippen LogP contribution in [-0.4, -0.2) is 66.8 Å². The topological polar surface area (TPSA) is 66.2 Å². The SMILES string of the molecule is CCOC(=O)c1oc2ccc(Cl)cc2c1CN1CCN(CCO)CC1. The Labute approximate surface area is 151 Å². The first-order chi connectivity index (χ1) is 12.1. The molecule has 1 fully saturated rings. The summed E-state index contributed by atoms with van der Waals surface area (Å²) in [5.74, 6) is -0.180. The van der Waals surface area contributed by atoms with Crippen LogP contribution >= 0.6 is 11.6 Å². The molecule has 1 N–H and O–H groups in total. The van der Waals surface area contributed by atoms with Crippen molar-refractivity contribution in [1.29, 1.82) is 0 Å². The van der Waals surface area contributed by atoms with Crippen LogP contribution in [0.4, 0.5) is 0 Å². The minimum absolute atomic E-state index is 0.178. The monoisotopic (exact) mass is 366 g/mol. The number of rotatable bonds is 6. The standard InChI is InChI=1S/C18H23ClN2O4/c1-2-24-18(23)17-15(14-11-13(19)3-4-16(14)25-17)12-21-7-5-20(6-8-21)9-10-22/h3-4,11,22H,2,5-10,12H2,1H3. The highest BCUT2D eigenvalue weighted by atomic mass is 35.5. The van der Waals surface area contributed by atoms with Crippen molar-refractivity contribution in [3.63, 3.8) is 0 Å². The molecular formula is C18H23ClN2O4. The highest BCUT2D eigenvalue weighted by Gasteiger charge is 2.25. The van der Waals surface area contributed by atoms with E-state index in [1.807, 2.05) is 6.07 Å². The number of fused-ring (bicyclic) bond motifs is 1. The first-order valence-corrected chi connectivity index (χ1v) is 8.93. The van der Waals surface area contributed by atoms with Crippen LogP contribution in [0, 0.1) is 0 Å². The zero-order chi connectivity index (χ0) is 17.8. The van der Waals surface area contributed by atoms with Gasteiger partial charge in [-0.25, -0.2) is 4.79 Å². The van der Waals surface area contributed by atoms with Crippen LogP contribution in [0.2, 0.25) is 5.02 Å². The maximum Gasteiger partial charge on any atom is 0.374 e. The minimum atomic E-state index is -0.441. The van der Waals surface area contributed by atoms with Gasteiger partial charge in [0, 0.05) is 55.2 Å². The molecule has 1 saturated heterocycles. The summed E-state index contributed by atoms with van der Waals surface area (Å²) in [4.78, 5) is 16.8. The van der Waals surface area contributed by atoms with Gasteiger partial charge in [-0.05, 0) is 25.1 Å². The Morgan fingerprint density at radius 2 is 2.00 bits per heavy atom. The van der Waals surface area contributed by atoms with Gasteiger partial charge in [-0.3, -0.25) is 9.80 Å². The summed E-state index contributed by atoms with van der Waals surface area (Å²) in [5, 5.41) is 10.5. The molecule has 3 rings (SSSR count). The molecule has 25 heavy (non-hydrogen) atoms. The third-order valence-corrected chi connectivity index (χ3v) is 4.71. The van der Waals surface area contributed by atoms with Gasteiger partial charge in [0.15, 0.2) is 0 Å². The number of hydrogen-bond donors (Lipinski definition) is 1. The quantitative estimate of drug-likeness (QED) is 0.792. The van der Waals surface area contributed by atoms with Crippen LogP contribution in [0.15, 0.2) is 22.6 Å². The van der Waals surface area contributed by atoms with E-state index in [9.17, 15) is 4.79 Å². The summed E-state index contributed by atoms with van der Waals surface area (Å²) in [5.41, 5.74) is 1.47. The molecule has 0 amide bonds. The number of esters is 1. The van der Waals surface area contributed by atoms with Gasteiger partial charge in [-0.15, -0.1) is 0 Å². The van der Waals surface area contributed by atoms with Crippen LogP contribution in [-0.2, 0) is 11.3 Å². The van der Waals surface area contributed by atoms with E-state index >= 15 is 0 Å². The smallest absolute Gasteiger partial charge is 0.374 e. The van der Waals surface area contributed by atoms with Crippen LogP contribution in [0.3, 0.4) is 0 Å². The lowest BCUT2D eigenvalue weighted by molar-refractivity contribution is 0.0487. The molecule has 0 atom stereocenters. The summed E-state index contributed by atoms with van der Waals surface area (Å²) in [6, 6.07) is 5.36. The highest BCUT2D eigenvalue weighted by molar-refractivity contribution is 6.31. The highest BCUT2D eigenvalue weighted by Crippen LogP contribution is 2.30. The number of aliphatic hydroxyl groups excluding tert-OH is 1. The molecule has 136 valence electrons.